The Bertz CT molecular complexity index is 377. The highest BCUT2D eigenvalue weighted by Crippen LogP contribution is 2.27. The number of carbonyl (C=O) groups excluding carboxylic acids is 1. The number of carboxylic acid groups (broad SMARTS) is 1. The van der Waals surface area contributed by atoms with Crippen molar-refractivity contribution in [1.82, 2.24) is 9.80 Å². The van der Waals surface area contributed by atoms with Gasteiger partial charge < -0.3 is 20.0 Å². The SMILES string of the molecule is CC(O)C1CCN(C(=O)N2CCC(C(=O)O)C2C)CC1. The highest BCUT2D eigenvalue weighted by Gasteiger charge is 2.40. The van der Waals surface area contributed by atoms with Crippen LogP contribution in [0.3, 0.4) is 0 Å². The van der Waals surface area contributed by atoms with Gasteiger partial charge in [0.05, 0.1) is 12.0 Å². The van der Waals surface area contributed by atoms with Gasteiger partial charge in [0.2, 0.25) is 0 Å². The maximum atomic E-state index is 12.5. The van der Waals surface area contributed by atoms with Crippen molar-refractivity contribution in [3.8, 4) is 0 Å². The highest BCUT2D eigenvalue weighted by atomic mass is 16.4. The van der Waals surface area contributed by atoms with Gasteiger partial charge in [-0.3, -0.25) is 4.79 Å². The molecule has 2 N–H and O–H groups in total. The van der Waals surface area contributed by atoms with Crippen LogP contribution in [0, 0.1) is 11.8 Å². The number of carboxylic acids is 1. The van der Waals surface area contributed by atoms with Crippen molar-refractivity contribution in [2.45, 2.75) is 45.3 Å². The Morgan fingerprint density at radius 1 is 1.15 bits per heavy atom. The molecular formula is C14H24N2O4. The van der Waals surface area contributed by atoms with E-state index < -0.39 is 11.9 Å². The predicted molar refractivity (Wildman–Crippen MR) is 73.3 cm³/mol. The van der Waals surface area contributed by atoms with Gasteiger partial charge in [0.25, 0.3) is 0 Å². The van der Waals surface area contributed by atoms with Crippen LogP contribution >= 0.6 is 0 Å². The van der Waals surface area contributed by atoms with Gasteiger partial charge in [0.1, 0.15) is 0 Å². The van der Waals surface area contributed by atoms with Crippen molar-refractivity contribution in [3.05, 3.63) is 0 Å². The monoisotopic (exact) mass is 284 g/mol. The van der Waals surface area contributed by atoms with Crippen LogP contribution in [0.25, 0.3) is 0 Å². The number of aliphatic carboxylic acids is 1. The molecule has 2 aliphatic rings. The van der Waals surface area contributed by atoms with E-state index >= 15 is 0 Å². The van der Waals surface area contributed by atoms with Crippen LogP contribution in [0.5, 0.6) is 0 Å². The third-order valence-corrected chi connectivity index (χ3v) is 4.81. The quantitative estimate of drug-likeness (QED) is 0.792. The van der Waals surface area contributed by atoms with Gasteiger partial charge in [0.15, 0.2) is 0 Å². The second-order valence-electron chi connectivity index (χ2n) is 6.02. The summed E-state index contributed by atoms with van der Waals surface area (Å²) in [5.41, 5.74) is 0. The zero-order chi connectivity index (χ0) is 14.9. The van der Waals surface area contributed by atoms with E-state index in [-0.39, 0.29) is 24.1 Å². The van der Waals surface area contributed by atoms with Gasteiger partial charge in [-0.2, -0.15) is 0 Å². The zero-order valence-electron chi connectivity index (χ0n) is 12.2. The second kappa shape index (κ2) is 5.99. The van der Waals surface area contributed by atoms with Crippen molar-refractivity contribution in [3.63, 3.8) is 0 Å². The van der Waals surface area contributed by atoms with Gasteiger partial charge in [-0.15, -0.1) is 0 Å². The summed E-state index contributed by atoms with van der Waals surface area (Å²) in [6.45, 7) is 5.42. The van der Waals surface area contributed by atoms with E-state index in [1.807, 2.05) is 6.92 Å². The number of likely N-dealkylation sites (tertiary alicyclic amines) is 2. The number of urea groups is 1. The molecule has 0 aromatic heterocycles. The zero-order valence-corrected chi connectivity index (χ0v) is 12.2. The molecule has 0 bridgehead atoms. The van der Waals surface area contributed by atoms with Crippen molar-refractivity contribution < 1.29 is 19.8 Å². The Balaban J connectivity index is 1.91. The van der Waals surface area contributed by atoms with Crippen LogP contribution in [-0.2, 0) is 4.79 Å². The molecule has 2 fully saturated rings. The maximum absolute atomic E-state index is 12.5. The fourth-order valence-corrected chi connectivity index (χ4v) is 3.29. The van der Waals surface area contributed by atoms with Crippen molar-refractivity contribution in [2.24, 2.45) is 11.8 Å². The molecule has 6 nitrogen and oxygen atoms in total. The highest BCUT2D eigenvalue weighted by molar-refractivity contribution is 5.78. The molecule has 2 aliphatic heterocycles. The molecule has 0 aromatic carbocycles. The topological polar surface area (TPSA) is 81.1 Å². The predicted octanol–water partition coefficient (Wildman–Crippen LogP) is 0.994. The third kappa shape index (κ3) is 2.90. The summed E-state index contributed by atoms with van der Waals surface area (Å²) < 4.78 is 0. The van der Waals surface area contributed by atoms with Gasteiger partial charge >= 0.3 is 12.0 Å². The summed E-state index contributed by atoms with van der Waals surface area (Å²) in [5, 5.41) is 18.7. The lowest BCUT2D eigenvalue weighted by atomic mass is 9.92. The molecule has 0 spiro atoms. The van der Waals surface area contributed by atoms with E-state index in [1.165, 1.54) is 0 Å². The molecule has 114 valence electrons. The van der Waals surface area contributed by atoms with Gasteiger partial charge in [0, 0.05) is 25.7 Å². The minimum Gasteiger partial charge on any atom is -0.481 e. The Morgan fingerprint density at radius 2 is 1.75 bits per heavy atom. The summed E-state index contributed by atoms with van der Waals surface area (Å²) in [5.74, 6) is -1.00. The lowest BCUT2D eigenvalue weighted by Gasteiger charge is -2.36. The summed E-state index contributed by atoms with van der Waals surface area (Å²) in [7, 11) is 0. The molecule has 0 radical (unpaired) electrons. The standard InChI is InChI=1S/C14H24N2O4/c1-9-12(13(18)19)5-8-16(9)14(20)15-6-3-11(4-7-15)10(2)17/h9-12,17H,3-8H2,1-2H3,(H,18,19). The Hall–Kier alpha value is -1.30. The van der Waals surface area contributed by atoms with Crippen LogP contribution < -0.4 is 0 Å². The van der Waals surface area contributed by atoms with E-state index in [9.17, 15) is 14.7 Å². The Labute approximate surface area is 119 Å². The van der Waals surface area contributed by atoms with Crippen LogP contribution in [0.2, 0.25) is 0 Å². The van der Waals surface area contributed by atoms with Crippen LogP contribution in [0.4, 0.5) is 4.79 Å². The maximum Gasteiger partial charge on any atom is 0.320 e. The molecule has 3 atom stereocenters. The van der Waals surface area contributed by atoms with Crippen molar-refractivity contribution in [1.29, 1.82) is 0 Å². The summed E-state index contributed by atoms with van der Waals surface area (Å²) in [6, 6.07) is -0.292. The normalized spacial score (nSPS) is 29.6. The fourth-order valence-electron chi connectivity index (χ4n) is 3.29. The summed E-state index contributed by atoms with van der Waals surface area (Å²) in [4.78, 5) is 27.0. The smallest absolute Gasteiger partial charge is 0.320 e. The van der Waals surface area contributed by atoms with E-state index in [0.29, 0.717) is 26.1 Å². The summed E-state index contributed by atoms with van der Waals surface area (Å²) >= 11 is 0. The molecule has 2 rings (SSSR count). The Kier molecular flexibility index (Phi) is 4.52. The van der Waals surface area contributed by atoms with E-state index in [0.717, 1.165) is 12.8 Å². The van der Waals surface area contributed by atoms with E-state index in [2.05, 4.69) is 0 Å². The van der Waals surface area contributed by atoms with Crippen LogP contribution in [0.15, 0.2) is 0 Å². The minimum atomic E-state index is -0.819. The van der Waals surface area contributed by atoms with Crippen molar-refractivity contribution in [2.75, 3.05) is 19.6 Å². The number of rotatable bonds is 2. The lowest BCUT2D eigenvalue weighted by molar-refractivity contribution is -0.142. The number of nitrogens with zero attached hydrogens (tertiary/aromatic N) is 2. The number of piperidine rings is 1. The van der Waals surface area contributed by atoms with Crippen LogP contribution in [0.1, 0.15) is 33.1 Å². The van der Waals surface area contributed by atoms with Gasteiger partial charge in [-0.25, -0.2) is 4.79 Å². The average molecular weight is 284 g/mol. The lowest BCUT2D eigenvalue weighted by Crippen LogP contribution is -2.49. The first-order valence-electron chi connectivity index (χ1n) is 7.38. The number of amides is 2. The average Bonchev–Trinajstić information content (AvgIpc) is 2.80. The van der Waals surface area contributed by atoms with E-state index in [1.54, 1.807) is 16.7 Å². The van der Waals surface area contributed by atoms with E-state index in [4.69, 9.17) is 5.11 Å². The number of carbonyl (C=O) groups is 2. The molecule has 2 amide bonds. The molecular weight excluding hydrogens is 260 g/mol. The number of hydrogen-bond donors (Lipinski definition) is 2. The minimum absolute atomic E-state index is 0.0507. The molecule has 0 saturated carbocycles. The molecule has 2 heterocycles. The Morgan fingerprint density at radius 3 is 2.20 bits per heavy atom. The molecule has 0 aromatic rings. The van der Waals surface area contributed by atoms with Gasteiger partial charge in [-0.05, 0) is 39.0 Å². The number of hydrogen-bond acceptors (Lipinski definition) is 3. The van der Waals surface area contributed by atoms with Crippen molar-refractivity contribution >= 4 is 12.0 Å². The number of aliphatic hydroxyl groups excluding tert-OH is 1. The molecule has 2 saturated heterocycles. The number of aliphatic hydroxyl groups is 1. The first kappa shape index (κ1) is 15.1. The first-order chi connectivity index (χ1) is 9.41. The second-order valence-corrected chi connectivity index (χ2v) is 6.02. The fraction of sp³-hybridized carbons (Fsp3) is 0.857. The largest absolute Gasteiger partial charge is 0.481 e. The molecule has 0 aliphatic carbocycles. The van der Waals surface area contributed by atoms with Gasteiger partial charge in [-0.1, -0.05) is 0 Å². The molecule has 6 heteroatoms. The first-order valence-corrected chi connectivity index (χ1v) is 7.38. The molecule has 20 heavy (non-hydrogen) atoms. The van der Waals surface area contributed by atoms with Crippen LogP contribution in [-0.4, -0.2) is 63.8 Å². The molecule has 3 unspecified atom stereocenters. The summed E-state index contributed by atoms with van der Waals surface area (Å²) in [6.07, 6.45) is 1.84. The third-order valence-electron chi connectivity index (χ3n) is 4.81.